The molecule has 4 N–H and O–H groups in total. The smallest absolute Gasteiger partial charge is 0.295 e. The lowest BCUT2D eigenvalue weighted by atomic mass is 9.33. The van der Waals surface area contributed by atoms with Crippen molar-refractivity contribution in [1.82, 2.24) is 0 Å². The van der Waals surface area contributed by atoms with E-state index in [0.717, 1.165) is 57.8 Å². The van der Waals surface area contributed by atoms with Crippen LogP contribution in [0.15, 0.2) is 11.6 Å². The van der Waals surface area contributed by atoms with Crippen LogP contribution in [0.2, 0.25) is 0 Å². The van der Waals surface area contributed by atoms with E-state index in [0.29, 0.717) is 24.0 Å². The van der Waals surface area contributed by atoms with E-state index in [2.05, 4.69) is 54.5 Å². The number of rotatable bonds is 4. The molecule has 1 heterocycles. The van der Waals surface area contributed by atoms with Crippen LogP contribution in [0.25, 0.3) is 0 Å². The van der Waals surface area contributed by atoms with Crippen LogP contribution in [-0.4, -0.2) is 69.5 Å². The summed E-state index contributed by atoms with van der Waals surface area (Å²) < 4.78 is 10.8. The van der Waals surface area contributed by atoms with Gasteiger partial charge in [-0.15, -0.1) is 0 Å². The number of aliphatic hydroxyl groups excluding tert-OH is 4. The highest BCUT2D eigenvalue weighted by atomic mass is 16.7. The fraction of sp³-hybridized carbons (Fsp3) is 0.889. The molecule has 5 fully saturated rings. The van der Waals surface area contributed by atoms with Crippen LogP contribution in [0.4, 0.5) is 0 Å². The van der Waals surface area contributed by atoms with Gasteiger partial charge in [0.1, 0.15) is 30.2 Å². The third-order valence-corrected chi connectivity index (χ3v) is 15.1. The van der Waals surface area contributed by atoms with Crippen molar-refractivity contribution < 1.29 is 39.5 Å². The molecule has 0 aromatic carbocycles. The Balaban J connectivity index is 1.40. The van der Waals surface area contributed by atoms with E-state index in [4.69, 9.17) is 9.47 Å². The van der Waals surface area contributed by atoms with Gasteiger partial charge in [0.25, 0.3) is 6.47 Å². The second-order valence-electron chi connectivity index (χ2n) is 17.7. The van der Waals surface area contributed by atoms with Crippen LogP contribution in [0, 0.1) is 50.2 Å². The Morgan fingerprint density at radius 1 is 0.909 bits per heavy atom. The van der Waals surface area contributed by atoms with Gasteiger partial charge in [-0.1, -0.05) is 60.1 Å². The fourth-order valence-electron chi connectivity index (χ4n) is 12.2. The molecule has 8 nitrogen and oxygen atoms in total. The zero-order chi connectivity index (χ0) is 32.3. The van der Waals surface area contributed by atoms with Gasteiger partial charge in [0, 0.05) is 17.3 Å². The topological polar surface area (TPSA) is 134 Å². The van der Waals surface area contributed by atoms with Gasteiger partial charge in [-0.05, 0) is 97.2 Å². The summed E-state index contributed by atoms with van der Waals surface area (Å²) in [5, 5.41) is 44.4. The number of hydrogen-bond acceptors (Lipinski definition) is 8. The maximum absolute atomic E-state index is 13.1. The average molecular weight is 617 g/mol. The molecule has 4 saturated carbocycles. The van der Waals surface area contributed by atoms with Gasteiger partial charge in [0.2, 0.25) is 6.29 Å². The maximum Gasteiger partial charge on any atom is 0.295 e. The first kappa shape index (κ1) is 32.6. The lowest BCUT2D eigenvalue weighted by molar-refractivity contribution is -0.312. The van der Waals surface area contributed by atoms with Crippen molar-refractivity contribution in [1.29, 1.82) is 0 Å². The van der Waals surface area contributed by atoms with Gasteiger partial charge < -0.3 is 29.9 Å². The van der Waals surface area contributed by atoms with Crippen molar-refractivity contribution >= 4 is 12.3 Å². The van der Waals surface area contributed by atoms with E-state index in [1.165, 1.54) is 5.57 Å². The summed E-state index contributed by atoms with van der Waals surface area (Å²) in [5.74, 6) is 1.30. The highest BCUT2D eigenvalue weighted by Crippen LogP contribution is 2.76. The minimum atomic E-state index is -1.62. The SMILES string of the molecule is CC1(C)CC[C@]2(C(O)[C@@H]3OC(OC=O)[C@@H](O)[C@H](O)C3O)CC[C@]3(C)C(=CCC4[C@@]5(C)CCC(=O)C(C)(C)C5CC[C@]43C)C2C1. The third-order valence-electron chi connectivity index (χ3n) is 15.1. The minimum absolute atomic E-state index is 0.0432. The predicted octanol–water partition coefficient (Wildman–Crippen LogP) is 4.70. The van der Waals surface area contributed by atoms with Crippen molar-refractivity contribution in [3.05, 3.63) is 11.6 Å². The Labute approximate surface area is 263 Å². The van der Waals surface area contributed by atoms with Crippen molar-refractivity contribution in [3.8, 4) is 0 Å². The van der Waals surface area contributed by atoms with E-state index in [-0.39, 0.29) is 39.5 Å². The third kappa shape index (κ3) is 4.26. The molecule has 5 aliphatic carbocycles. The molecule has 6 unspecified atom stereocenters. The zero-order valence-corrected chi connectivity index (χ0v) is 27.8. The number of allylic oxidation sites excluding steroid dienone is 2. The molecule has 0 amide bonds. The maximum atomic E-state index is 13.1. The fourth-order valence-corrected chi connectivity index (χ4v) is 12.2. The molecule has 6 aliphatic rings. The number of aliphatic hydroxyl groups is 4. The summed E-state index contributed by atoms with van der Waals surface area (Å²) in [4.78, 5) is 24.2. The van der Waals surface area contributed by atoms with E-state index < -0.39 is 42.2 Å². The van der Waals surface area contributed by atoms with Crippen LogP contribution in [0.1, 0.15) is 113 Å². The molecule has 1 aliphatic heterocycles. The van der Waals surface area contributed by atoms with Gasteiger partial charge in [0.15, 0.2) is 0 Å². The standard InChI is InChI=1S/C36H56O8/c1-31(2)14-16-36(29(42)28-26(40)25(39)27(41)30(44-28)43-19-37)17-15-34(6)20(21(36)18-31)8-9-23-33(5)12-11-24(38)32(3,4)22(33)10-13-35(23,34)7/h8,19,21-23,25-30,39-42H,9-18H2,1-7H3/t21?,22?,23?,25-,26?,27+,28-,29?,30?,33+,34-,35-,36+/m1/s1. The lowest BCUT2D eigenvalue weighted by Gasteiger charge is -2.71. The Morgan fingerprint density at radius 2 is 1.59 bits per heavy atom. The Hall–Kier alpha value is -1.32. The molecule has 0 aromatic heterocycles. The highest BCUT2D eigenvalue weighted by Gasteiger charge is 2.69. The molecule has 248 valence electrons. The number of hydrogen-bond donors (Lipinski definition) is 4. The number of carbonyl (C=O) groups excluding carboxylic acids is 2. The molecular formula is C36H56O8. The second-order valence-corrected chi connectivity index (χ2v) is 17.7. The monoisotopic (exact) mass is 616 g/mol. The summed E-state index contributed by atoms with van der Waals surface area (Å²) in [6.07, 6.45) is 2.84. The van der Waals surface area contributed by atoms with E-state index in [1.807, 2.05) is 0 Å². The van der Waals surface area contributed by atoms with E-state index in [1.54, 1.807) is 0 Å². The Kier molecular flexibility index (Phi) is 7.66. The van der Waals surface area contributed by atoms with Crippen LogP contribution in [0.3, 0.4) is 0 Å². The normalized spacial score (nSPS) is 51.9. The molecular weight excluding hydrogens is 560 g/mol. The number of Topliss-reactive ketones (excluding diaryl/α,β-unsaturated/α-hetero) is 1. The molecule has 0 spiro atoms. The van der Waals surface area contributed by atoms with Crippen LogP contribution < -0.4 is 0 Å². The van der Waals surface area contributed by atoms with Crippen LogP contribution in [0.5, 0.6) is 0 Å². The molecule has 8 heteroatoms. The van der Waals surface area contributed by atoms with Gasteiger partial charge in [-0.25, -0.2) is 0 Å². The van der Waals surface area contributed by atoms with Crippen molar-refractivity contribution in [2.75, 3.05) is 0 Å². The predicted molar refractivity (Wildman–Crippen MR) is 164 cm³/mol. The van der Waals surface area contributed by atoms with Gasteiger partial charge in [-0.2, -0.15) is 0 Å². The molecule has 1 saturated heterocycles. The molecule has 0 aromatic rings. The summed E-state index contributed by atoms with van der Waals surface area (Å²) in [7, 11) is 0. The number of fused-ring (bicyclic) bond motifs is 7. The van der Waals surface area contributed by atoms with Crippen molar-refractivity contribution in [2.24, 2.45) is 50.2 Å². The molecule has 0 bridgehead atoms. The minimum Gasteiger partial charge on any atom is -0.435 e. The van der Waals surface area contributed by atoms with Crippen LogP contribution in [-0.2, 0) is 19.1 Å². The lowest BCUT2D eigenvalue weighted by Crippen LogP contribution is -2.68. The molecule has 0 radical (unpaired) electrons. The average Bonchev–Trinajstić information content (AvgIpc) is 2.95. The number of ketones is 1. The summed E-state index contributed by atoms with van der Waals surface area (Å²) in [6.45, 7) is 16.6. The Bertz CT molecular complexity index is 1210. The quantitative estimate of drug-likeness (QED) is 0.264. The van der Waals surface area contributed by atoms with Gasteiger partial charge in [-0.3, -0.25) is 9.59 Å². The molecule has 6 rings (SSSR count). The highest BCUT2D eigenvalue weighted by molar-refractivity contribution is 5.85. The number of ether oxygens (including phenoxy) is 2. The van der Waals surface area contributed by atoms with Gasteiger partial charge >= 0.3 is 0 Å². The first-order chi connectivity index (χ1) is 20.4. The van der Waals surface area contributed by atoms with Crippen molar-refractivity contribution in [3.63, 3.8) is 0 Å². The molecule has 13 atom stereocenters. The van der Waals surface area contributed by atoms with Crippen LogP contribution >= 0.6 is 0 Å². The first-order valence-corrected chi connectivity index (χ1v) is 17.1. The summed E-state index contributed by atoms with van der Waals surface area (Å²) in [6, 6.07) is 0. The zero-order valence-electron chi connectivity index (χ0n) is 27.8. The summed E-state index contributed by atoms with van der Waals surface area (Å²) in [5.41, 5.74) is 0.636. The number of carbonyl (C=O) groups is 2. The van der Waals surface area contributed by atoms with E-state index >= 15 is 0 Å². The molecule has 44 heavy (non-hydrogen) atoms. The van der Waals surface area contributed by atoms with Crippen molar-refractivity contribution in [2.45, 2.75) is 149 Å². The van der Waals surface area contributed by atoms with E-state index in [9.17, 15) is 30.0 Å². The summed E-state index contributed by atoms with van der Waals surface area (Å²) >= 11 is 0. The van der Waals surface area contributed by atoms with Gasteiger partial charge in [0.05, 0.1) is 6.10 Å². The largest absolute Gasteiger partial charge is 0.435 e. The Morgan fingerprint density at radius 3 is 2.27 bits per heavy atom. The second kappa shape index (κ2) is 10.3. The first-order valence-electron chi connectivity index (χ1n) is 17.1.